The predicted octanol–water partition coefficient (Wildman–Crippen LogP) is 2.13. The van der Waals surface area contributed by atoms with Gasteiger partial charge in [0.05, 0.1) is 30.1 Å². The Bertz CT molecular complexity index is 1080. The minimum absolute atomic E-state index is 0.0684. The van der Waals surface area contributed by atoms with E-state index in [9.17, 15) is 18.0 Å². The molecule has 8 nitrogen and oxygen atoms in total. The van der Waals surface area contributed by atoms with Crippen LogP contribution < -0.4 is 10.2 Å². The smallest absolute Gasteiger partial charge is 0.297 e. The molecule has 0 aromatic heterocycles. The lowest BCUT2D eigenvalue weighted by Crippen LogP contribution is -2.44. The monoisotopic (exact) mass is 458 g/mol. The second-order valence-electron chi connectivity index (χ2n) is 8.09. The molecule has 2 atom stereocenters. The van der Waals surface area contributed by atoms with Crippen LogP contribution in [-0.4, -0.2) is 52.6 Å². The molecule has 2 aromatic carbocycles. The molecular weight excluding hydrogens is 432 g/mol. The number of aryl methyl sites for hydroxylation is 1. The van der Waals surface area contributed by atoms with Gasteiger partial charge in [0.1, 0.15) is 0 Å². The van der Waals surface area contributed by atoms with Crippen LogP contribution in [0.15, 0.2) is 53.4 Å². The summed E-state index contributed by atoms with van der Waals surface area (Å²) in [6, 6.07) is 14.2. The van der Waals surface area contributed by atoms with Crippen LogP contribution in [0.5, 0.6) is 0 Å². The van der Waals surface area contributed by atoms with Crippen LogP contribution in [0.3, 0.4) is 0 Å². The van der Waals surface area contributed by atoms with Crippen molar-refractivity contribution in [1.82, 2.24) is 5.32 Å². The first-order chi connectivity index (χ1) is 15.3. The van der Waals surface area contributed by atoms with Gasteiger partial charge in [-0.1, -0.05) is 29.8 Å². The number of hydrogen-bond acceptors (Lipinski definition) is 7. The summed E-state index contributed by atoms with van der Waals surface area (Å²) in [5, 5.41) is 2.38. The van der Waals surface area contributed by atoms with Gasteiger partial charge in [0.15, 0.2) is 0 Å². The molecule has 2 aliphatic heterocycles. The molecule has 170 valence electrons. The lowest BCUT2D eigenvalue weighted by Gasteiger charge is -2.34. The van der Waals surface area contributed by atoms with E-state index in [2.05, 4.69) is 10.2 Å². The maximum absolute atomic E-state index is 12.4. The highest BCUT2D eigenvalue weighted by Gasteiger charge is 2.28. The van der Waals surface area contributed by atoms with Gasteiger partial charge >= 0.3 is 0 Å². The van der Waals surface area contributed by atoms with Crippen molar-refractivity contribution in [1.29, 1.82) is 0 Å². The topological polar surface area (TPSA) is 102 Å². The third-order valence-electron chi connectivity index (χ3n) is 5.76. The average Bonchev–Trinajstić information content (AvgIpc) is 2.79. The van der Waals surface area contributed by atoms with Crippen LogP contribution in [0.25, 0.3) is 0 Å². The number of nitrogens with zero attached hydrogens (tertiary/aromatic N) is 1. The van der Waals surface area contributed by atoms with Crippen molar-refractivity contribution in [2.45, 2.75) is 36.7 Å². The molecule has 0 saturated carbocycles. The van der Waals surface area contributed by atoms with Gasteiger partial charge in [-0.3, -0.25) is 19.1 Å². The zero-order valence-electron chi connectivity index (χ0n) is 17.8. The Morgan fingerprint density at radius 3 is 2.50 bits per heavy atom. The number of benzene rings is 2. The summed E-state index contributed by atoms with van der Waals surface area (Å²) in [4.78, 5) is 25.7. The molecule has 2 fully saturated rings. The summed E-state index contributed by atoms with van der Waals surface area (Å²) in [6.07, 6.45) is 0.462. The van der Waals surface area contributed by atoms with Crippen molar-refractivity contribution in [3.8, 4) is 0 Å². The van der Waals surface area contributed by atoms with Crippen molar-refractivity contribution < 1.29 is 26.9 Å². The van der Waals surface area contributed by atoms with Crippen molar-refractivity contribution in [3.63, 3.8) is 0 Å². The fourth-order valence-corrected chi connectivity index (χ4v) is 4.86. The zero-order valence-corrected chi connectivity index (χ0v) is 18.6. The van der Waals surface area contributed by atoms with Gasteiger partial charge in [0, 0.05) is 25.2 Å². The third-order valence-corrected chi connectivity index (χ3v) is 7.05. The summed E-state index contributed by atoms with van der Waals surface area (Å²) in [6.45, 7) is 3.42. The van der Waals surface area contributed by atoms with E-state index < -0.39 is 16.2 Å². The number of rotatable bonds is 6. The van der Waals surface area contributed by atoms with E-state index in [-0.39, 0.29) is 29.2 Å². The van der Waals surface area contributed by atoms with E-state index in [0.717, 1.165) is 16.8 Å². The Kier molecular flexibility index (Phi) is 6.59. The van der Waals surface area contributed by atoms with Gasteiger partial charge in [0.2, 0.25) is 11.8 Å². The Morgan fingerprint density at radius 1 is 1.09 bits per heavy atom. The molecule has 2 heterocycles. The van der Waals surface area contributed by atoms with Crippen LogP contribution in [-0.2, 0) is 28.6 Å². The van der Waals surface area contributed by atoms with Gasteiger partial charge in [-0.2, -0.15) is 8.42 Å². The molecule has 0 spiro atoms. The highest BCUT2D eigenvalue weighted by molar-refractivity contribution is 7.86. The number of morpholine rings is 1. The highest BCUT2D eigenvalue weighted by atomic mass is 32.2. The van der Waals surface area contributed by atoms with Crippen LogP contribution in [0.4, 0.5) is 5.69 Å². The Labute approximate surface area is 187 Å². The summed E-state index contributed by atoms with van der Waals surface area (Å²) >= 11 is 0. The van der Waals surface area contributed by atoms with Crippen LogP contribution in [0.2, 0.25) is 0 Å². The lowest BCUT2D eigenvalue weighted by atomic mass is 9.90. The number of amides is 2. The normalized spacial score (nSPS) is 22.0. The van der Waals surface area contributed by atoms with E-state index >= 15 is 0 Å². The minimum Gasteiger partial charge on any atom is -0.372 e. The zero-order chi connectivity index (χ0) is 22.7. The van der Waals surface area contributed by atoms with E-state index in [4.69, 9.17) is 8.92 Å². The lowest BCUT2D eigenvalue weighted by molar-refractivity contribution is -0.134. The van der Waals surface area contributed by atoms with E-state index in [0.29, 0.717) is 32.5 Å². The summed E-state index contributed by atoms with van der Waals surface area (Å²) in [5.74, 6) is -0.805. The Hall–Kier alpha value is -2.75. The molecule has 0 radical (unpaired) electrons. The number of nitrogens with one attached hydrogen (secondary N) is 1. The molecule has 32 heavy (non-hydrogen) atoms. The molecule has 2 aromatic rings. The molecule has 2 aliphatic rings. The molecule has 4 rings (SSSR count). The Morgan fingerprint density at radius 2 is 1.81 bits per heavy atom. The molecule has 2 saturated heterocycles. The van der Waals surface area contributed by atoms with Crippen LogP contribution >= 0.6 is 0 Å². The number of hydrogen-bond donors (Lipinski definition) is 1. The van der Waals surface area contributed by atoms with E-state index in [1.807, 2.05) is 31.2 Å². The van der Waals surface area contributed by atoms with Gasteiger partial charge in [0.25, 0.3) is 10.1 Å². The first-order valence-corrected chi connectivity index (χ1v) is 12.0. The van der Waals surface area contributed by atoms with Gasteiger partial charge in [-0.15, -0.1) is 0 Å². The molecule has 2 amide bonds. The fraction of sp³-hybridized carbons (Fsp3) is 0.391. The molecular formula is C23H26N2O6S. The standard InChI is InChI=1S/C23H26N2O6S/c1-16-2-8-20(9-3-16)32(28,29)31-15-19-14-25(12-13-30-19)18-6-4-17(5-7-18)21-10-11-22(26)24-23(21)27/h2-9,19,21H,10-15H2,1H3,(H,24,26,27)/t19-,21?/m0/s1. The maximum Gasteiger partial charge on any atom is 0.297 e. The SMILES string of the molecule is Cc1ccc(S(=O)(=O)OC[C@@H]2CN(c3ccc(C4CCC(=O)NC4=O)cc3)CCO2)cc1. The van der Waals surface area contributed by atoms with Gasteiger partial charge in [-0.25, -0.2) is 0 Å². The molecule has 0 bridgehead atoms. The number of carbonyl (C=O) groups is 2. The van der Waals surface area contributed by atoms with Crippen molar-refractivity contribution in [3.05, 3.63) is 59.7 Å². The van der Waals surface area contributed by atoms with Crippen LogP contribution in [0.1, 0.15) is 29.9 Å². The quantitative estimate of drug-likeness (QED) is 0.523. The number of ether oxygens (including phenoxy) is 1. The van der Waals surface area contributed by atoms with Crippen LogP contribution in [0, 0.1) is 6.92 Å². The second-order valence-corrected chi connectivity index (χ2v) is 9.70. The largest absolute Gasteiger partial charge is 0.372 e. The van der Waals surface area contributed by atoms with Gasteiger partial charge < -0.3 is 9.64 Å². The minimum atomic E-state index is -3.85. The highest BCUT2D eigenvalue weighted by Crippen LogP contribution is 2.27. The fourth-order valence-electron chi connectivity index (χ4n) is 3.92. The van der Waals surface area contributed by atoms with E-state index in [1.165, 1.54) is 12.1 Å². The van der Waals surface area contributed by atoms with Crippen molar-refractivity contribution >= 4 is 27.6 Å². The number of piperidine rings is 1. The molecule has 1 unspecified atom stereocenters. The second kappa shape index (κ2) is 9.40. The summed E-state index contributed by atoms with van der Waals surface area (Å²) in [5.41, 5.74) is 2.80. The maximum atomic E-state index is 12.4. The van der Waals surface area contributed by atoms with Crippen molar-refractivity contribution in [2.24, 2.45) is 0 Å². The Balaban J connectivity index is 1.36. The average molecular weight is 459 g/mol. The summed E-state index contributed by atoms with van der Waals surface area (Å²) < 4.78 is 35.8. The number of imide groups is 1. The third kappa shape index (κ3) is 5.17. The number of carbonyl (C=O) groups excluding carboxylic acids is 2. The first kappa shape index (κ1) is 22.4. The van der Waals surface area contributed by atoms with E-state index in [1.54, 1.807) is 12.1 Å². The molecule has 9 heteroatoms. The molecule has 1 N–H and O–H groups in total. The predicted molar refractivity (Wildman–Crippen MR) is 118 cm³/mol. The molecule has 0 aliphatic carbocycles. The number of anilines is 1. The first-order valence-electron chi connectivity index (χ1n) is 10.6. The van der Waals surface area contributed by atoms with Crippen molar-refractivity contribution in [2.75, 3.05) is 31.2 Å². The van der Waals surface area contributed by atoms with Gasteiger partial charge in [-0.05, 0) is 43.2 Å². The summed E-state index contributed by atoms with van der Waals surface area (Å²) in [7, 11) is -3.85.